The van der Waals surface area contributed by atoms with Crippen LogP contribution in [0, 0.1) is 10.6 Å². The summed E-state index contributed by atoms with van der Waals surface area (Å²) in [5.41, 5.74) is 1.66. The fraction of sp³-hybridized carbons (Fsp3) is 0.462. The van der Waals surface area contributed by atoms with Crippen LogP contribution in [0.5, 0.6) is 0 Å². The number of hydrogen-bond donors (Lipinski definition) is 1. The van der Waals surface area contributed by atoms with Crippen molar-refractivity contribution in [2.24, 2.45) is 0 Å². The lowest BCUT2D eigenvalue weighted by atomic mass is 10.3. The van der Waals surface area contributed by atoms with E-state index < -0.39 is 0 Å². The number of fused-ring (bicyclic) bond motifs is 1. The normalized spacial score (nSPS) is 11.9. The fourth-order valence-corrected chi connectivity index (χ4v) is 2.52. The monoisotopic (exact) mass is 345 g/mol. The fourth-order valence-electron chi connectivity index (χ4n) is 1.89. The molecule has 6 heteroatoms. The topological polar surface area (TPSA) is 24.0 Å². The summed E-state index contributed by atoms with van der Waals surface area (Å²) in [6.45, 7) is 5.99. The van der Waals surface area contributed by atoms with Gasteiger partial charge in [-0.2, -0.15) is 0 Å². The predicted molar refractivity (Wildman–Crippen MR) is 82.5 cm³/mol. The molecule has 0 aliphatic rings. The first-order valence-corrected chi connectivity index (χ1v) is 7.38. The van der Waals surface area contributed by atoms with Crippen LogP contribution in [-0.4, -0.2) is 34.1 Å². The molecule has 19 heavy (non-hydrogen) atoms. The van der Waals surface area contributed by atoms with Gasteiger partial charge in [-0.05, 0) is 55.1 Å². The number of rotatable bonds is 4. The van der Waals surface area contributed by atoms with Gasteiger partial charge in [0.2, 0.25) is 0 Å². The van der Waals surface area contributed by atoms with Crippen LogP contribution in [-0.2, 0) is 6.54 Å². The van der Waals surface area contributed by atoms with Crippen LogP contribution < -0.4 is 0 Å². The van der Waals surface area contributed by atoms with Crippen LogP contribution in [0.1, 0.15) is 13.8 Å². The highest BCUT2D eigenvalue weighted by atomic mass is 79.9. The number of nitrogens with zero attached hydrogens (tertiary/aromatic N) is 2. The van der Waals surface area contributed by atoms with Gasteiger partial charge in [-0.3, -0.25) is 0 Å². The number of benzene rings is 1. The minimum atomic E-state index is -0.282. The van der Waals surface area contributed by atoms with Crippen molar-refractivity contribution >= 4 is 39.2 Å². The Balaban J connectivity index is 2.35. The van der Waals surface area contributed by atoms with Crippen molar-refractivity contribution in [2.45, 2.75) is 26.4 Å². The van der Waals surface area contributed by atoms with E-state index in [1.54, 1.807) is 6.07 Å². The first-order chi connectivity index (χ1) is 8.90. The van der Waals surface area contributed by atoms with E-state index in [1.165, 1.54) is 6.07 Å². The van der Waals surface area contributed by atoms with Crippen LogP contribution in [0.25, 0.3) is 11.0 Å². The van der Waals surface area contributed by atoms with Crippen molar-refractivity contribution in [2.75, 3.05) is 13.6 Å². The van der Waals surface area contributed by atoms with E-state index in [0.29, 0.717) is 15.3 Å². The molecule has 0 saturated carbocycles. The molecule has 0 atom stereocenters. The number of aromatic nitrogens is 2. The zero-order valence-corrected chi connectivity index (χ0v) is 13.6. The molecule has 0 fully saturated rings. The van der Waals surface area contributed by atoms with Crippen molar-refractivity contribution in [3.63, 3.8) is 0 Å². The Labute approximate surface area is 125 Å². The Morgan fingerprint density at radius 1 is 1.47 bits per heavy atom. The summed E-state index contributed by atoms with van der Waals surface area (Å²) in [6.07, 6.45) is 0. The maximum Gasteiger partial charge on any atom is 0.178 e. The molecule has 0 bridgehead atoms. The molecule has 2 aromatic rings. The van der Waals surface area contributed by atoms with Gasteiger partial charge in [0.05, 0.1) is 15.5 Å². The van der Waals surface area contributed by atoms with E-state index in [1.807, 2.05) is 4.57 Å². The van der Waals surface area contributed by atoms with E-state index >= 15 is 0 Å². The third kappa shape index (κ3) is 3.07. The van der Waals surface area contributed by atoms with Crippen molar-refractivity contribution < 1.29 is 4.39 Å². The van der Waals surface area contributed by atoms with Gasteiger partial charge in [-0.25, -0.2) is 4.39 Å². The second-order valence-corrected chi connectivity index (χ2v) is 6.18. The Bertz CT molecular complexity index is 647. The number of imidazole rings is 1. The Morgan fingerprint density at radius 3 is 2.79 bits per heavy atom. The first kappa shape index (κ1) is 14.7. The summed E-state index contributed by atoms with van der Waals surface area (Å²) < 4.78 is 16.6. The SMILES string of the molecule is CC(C)N(C)CCn1c(=S)[nH]c2cc(F)c(Br)cc21. The number of H-pyrrole nitrogens is 1. The number of nitrogens with one attached hydrogen (secondary N) is 1. The predicted octanol–water partition coefficient (Wildman–Crippen LogP) is 3.94. The Morgan fingerprint density at radius 2 is 2.16 bits per heavy atom. The van der Waals surface area contributed by atoms with Gasteiger partial charge in [0.1, 0.15) is 5.82 Å². The van der Waals surface area contributed by atoms with Crippen LogP contribution in [0.3, 0.4) is 0 Å². The standard InChI is InChI=1S/C13H17BrFN3S/c1-8(2)17(3)4-5-18-12-6-9(14)10(15)7-11(12)16-13(18)19/h6-8H,4-5H2,1-3H3,(H,16,19). The van der Waals surface area contributed by atoms with Crippen molar-refractivity contribution in [1.82, 2.24) is 14.5 Å². The van der Waals surface area contributed by atoms with E-state index in [-0.39, 0.29) is 5.82 Å². The molecule has 0 unspecified atom stereocenters. The smallest absolute Gasteiger partial charge is 0.178 e. The van der Waals surface area contributed by atoms with E-state index in [9.17, 15) is 4.39 Å². The molecular formula is C13H17BrFN3S. The Kier molecular flexibility index (Phi) is 4.43. The lowest BCUT2D eigenvalue weighted by Crippen LogP contribution is -2.29. The highest BCUT2D eigenvalue weighted by Crippen LogP contribution is 2.23. The minimum absolute atomic E-state index is 0.282. The minimum Gasteiger partial charge on any atom is -0.330 e. The summed E-state index contributed by atoms with van der Waals surface area (Å²) in [5.74, 6) is -0.282. The van der Waals surface area contributed by atoms with E-state index in [2.05, 4.69) is 46.7 Å². The summed E-state index contributed by atoms with van der Waals surface area (Å²) in [4.78, 5) is 5.30. The van der Waals surface area contributed by atoms with Crippen LogP contribution in [0.15, 0.2) is 16.6 Å². The summed E-state index contributed by atoms with van der Waals surface area (Å²) in [5, 5.41) is 0. The van der Waals surface area contributed by atoms with Crippen molar-refractivity contribution in [1.29, 1.82) is 0 Å². The summed E-state index contributed by atoms with van der Waals surface area (Å²) >= 11 is 8.52. The highest BCUT2D eigenvalue weighted by molar-refractivity contribution is 9.10. The maximum absolute atomic E-state index is 13.5. The quantitative estimate of drug-likeness (QED) is 0.848. The zero-order chi connectivity index (χ0) is 14.2. The summed E-state index contributed by atoms with van der Waals surface area (Å²) in [7, 11) is 2.08. The zero-order valence-electron chi connectivity index (χ0n) is 11.2. The molecule has 2 rings (SSSR count). The molecule has 1 aromatic carbocycles. The van der Waals surface area contributed by atoms with E-state index in [0.717, 1.165) is 24.1 Å². The average Bonchev–Trinajstić information content (AvgIpc) is 2.62. The van der Waals surface area contributed by atoms with Gasteiger partial charge in [0.25, 0.3) is 0 Å². The third-order valence-electron chi connectivity index (χ3n) is 3.37. The average molecular weight is 346 g/mol. The number of halogens is 2. The molecule has 0 saturated heterocycles. The van der Waals surface area contributed by atoms with Crippen LogP contribution in [0.2, 0.25) is 0 Å². The van der Waals surface area contributed by atoms with Gasteiger partial charge in [0.15, 0.2) is 4.77 Å². The number of hydrogen-bond acceptors (Lipinski definition) is 2. The first-order valence-electron chi connectivity index (χ1n) is 6.18. The molecule has 1 aromatic heterocycles. The summed E-state index contributed by atoms with van der Waals surface area (Å²) in [6, 6.07) is 3.73. The third-order valence-corrected chi connectivity index (χ3v) is 4.30. The molecule has 1 heterocycles. The molecule has 0 radical (unpaired) electrons. The lowest BCUT2D eigenvalue weighted by Gasteiger charge is -2.21. The molecule has 0 spiro atoms. The number of likely N-dealkylation sites (N-methyl/N-ethyl adjacent to an activating group) is 1. The molecule has 3 nitrogen and oxygen atoms in total. The van der Waals surface area contributed by atoms with Gasteiger partial charge in [-0.15, -0.1) is 0 Å². The molecule has 0 aliphatic heterocycles. The van der Waals surface area contributed by atoms with Crippen LogP contribution in [0.4, 0.5) is 4.39 Å². The van der Waals surface area contributed by atoms with Gasteiger partial charge >= 0.3 is 0 Å². The number of aromatic amines is 1. The Hall–Kier alpha value is -0.720. The molecule has 104 valence electrons. The van der Waals surface area contributed by atoms with Gasteiger partial charge in [-0.1, -0.05) is 0 Å². The maximum atomic E-state index is 13.5. The second-order valence-electron chi connectivity index (χ2n) is 4.94. The lowest BCUT2D eigenvalue weighted by molar-refractivity contribution is 0.263. The van der Waals surface area contributed by atoms with Crippen molar-refractivity contribution in [3.05, 3.63) is 27.2 Å². The van der Waals surface area contributed by atoms with Crippen molar-refractivity contribution in [3.8, 4) is 0 Å². The van der Waals surface area contributed by atoms with Gasteiger partial charge < -0.3 is 14.5 Å². The van der Waals surface area contributed by atoms with E-state index in [4.69, 9.17) is 12.2 Å². The van der Waals surface area contributed by atoms with Crippen LogP contribution >= 0.6 is 28.1 Å². The second kappa shape index (κ2) is 5.73. The molecular weight excluding hydrogens is 329 g/mol. The molecule has 1 N–H and O–H groups in total. The van der Waals surface area contributed by atoms with Gasteiger partial charge in [0, 0.05) is 25.2 Å². The molecule has 0 aliphatic carbocycles. The highest BCUT2D eigenvalue weighted by Gasteiger charge is 2.10. The molecule has 0 amide bonds. The largest absolute Gasteiger partial charge is 0.330 e.